The quantitative estimate of drug-likeness (QED) is 0.725. The maximum absolute atomic E-state index is 13.2. The number of aromatic amines is 1. The van der Waals surface area contributed by atoms with Crippen molar-refractivity contribution in [2.45, 2.75) is 58.3 Å². The number of rotatable bonds is 4. The van der Waals surface area contributed by atoms with E-state index in [2.05, 4.69) is 23.3 Å². The van der Waals surface area contributed by atoms with E-state index in [0.717, 1.165) is 56.9 Å². The van der Waals surface area contributed by atoms with Crippen LogP contribution in [0.4, 0.5) is 5.82 Å². The van der Waals surface area contributed by atoms with Crippen LogP contribution >= 0.6 is 0 Å². The number of nitrogens with one attached hydrogen (secondary N) is 2. The Bertz CT molecular complexity index is 986. The minimum Gasteiger partial charge on any atom is -0.312 e. The lowest BCUT2D eigenvalue weighted by Gasteiger charge is -2.29. The molecule has 0 saturated heterocycles. The van der Waals surface area contributed by atoms with Crippen LogP contribution in [0.1, 0.15) is 66.4 Å². The Kier molecular flexibility index (Phi) is 6.16. The van der Waals surface area contributed by atoms with Gasteiger partial charge in [-0.1, -0.05) is 24.3 Å². The van der Waals surface area contributed by atoms with Crippen LogP contribution in [0.2, 0.25) is 0 Å². The molecule has 1 heterocycles. The monoisotopic (exact) mass is 406 g/mol. The minimum atomic E-state index is -0.221. The Labute approximate surface area is 177 Å². The number of hydrogen-bond acceptors (Lipinski definition) is 3. The second kappa shape index (κ2) is 8.99. The predicted octanol–water partition coefficient (Wildman–Crippen LogP) is 4.65. The van der Waals surface area contributed by atoms with E-state index >= 15 is 0 Å². The Morgan fingerprint density at radius 3 is 2.57 bits per heavy atom. The first-order chi connectivity index (χ1) is 14.5. The molecule has 1 atom stereocenters. The summed E-state index contributed by atoms with van der Waals surface area (Å²) in [6.07, 6.45) is 7.61. The molecular weight excluding hydrogens is 376 g/mol. The summed E-state index contributed by atoms with van der Waals surface area (Å²) in [5.74, 6) is 1.33. The smallest absolute Gasteiger partial charge is 0.249 e. The zero-order chi connectivity index (χ0) is 21.1. The topological polar surface area (TPSA) is 79.0 Å². The highest BCUT2D eigenvalue weighted by Gasteiger charge is 2.32. The Morgan fingerprint density at radius 1 is 1.03 bits per heavy atom. The molecule has 1 fully saturated rings. The van der Waals surface area contributed by atoms with Crippen LogP contribution in [-0.4, -0.2) is 16.7 Å². The van der Waals surface area contributed by atoms with Gasteiger partial charge in [-0.3, -0.25) is 14.4 Å². The van der Waals surface area contributed by atoms with Crippen molar-refractivity contribution >= 4 is 17.5 Å². The predicted molar refractivity (Wildman–Crippen MR) is 118 cm³/mol. The van der Waals surface area contributed by atoms with Gasteiger partial charge in [0.15, 0.2) is 5.78 Å². The molecule has 0 bridgehead atoms. The van der Waals surface area contributed by atoms with Gasteiger partial charge in [-0.15, -0.1) is 0 Å². The molecule has 2 aliphatic carbocycles. The number of anilines is 1. The van der Waals surface area contributed by atoms with Gasteiger partial charge in [-0.2, -0.15) is 0 Å². The van der Waals surface area contributed by atoms with E-state index < -0.39 is 0 Å². The van der Waals surface area contributed by atoms with Crippen LogP contribution in [0.5, 0.6) is 0 Å². The van der Waals surface area contributed by atoms with Gasteiger partial charge in [-0.05, 0) is 81.4 Å². The Hall–Kier alpha value is -2.69. The van der Waals surface area contributed by atoms with E-state index in [4.69, 9.17) is 0 Å². The summed E-state index contributed by atoms with van der Waals surface area (Å²) in [4.78, 5) is 39.8. The van der Waals surface area contributed by atoms with Crippen LogP contribution in [0, 0.1) is 24.7 Å². The molecule has 5 heteroatoms. The third-order valence-corrected chi connectivity index (χ3v) is 6.89. The molecule has 0 aliphatic heterocycles. The van der Waals surface area contributed by atoms with Gasteiger partial charge in [0.2, 0.25) is 11.5 Å². The summed E-state index contributed by atoms with van der Waals surface area (Å²) in [5.41, 5.74) is 3.18. The van der Waals surface area contributed by atoms with Gasteiger partial charge in [0, 0.05) is 23.5 Å². The maximum Gasteiger partial charge on any atom is 0.249 e. The highest BCUT2D eigenvalue weighted by molar-refractivity contribution is 5.99. The molecule has 30 heavy (non-hydrogen) atoms. The van der Waals surface area contributed by atoms with E-state index in [1.54, 1.807) is 12.1 Å². The SMILES string of the molecule is Cc1cccc2c1CCCC(CC1CCC(C(=O)Nc3cccc(=O)[nH]3)CC1)C2=O. The van der Waals surface area contributed by atoms with Crippen LogP contribution < -0.4 is 10.9 Å². The van der Waals surface area contributed by atoms with Gasteiger partial charge >= 0.3 is 0 Å². The summed E-state index contributed by atoms with van der Waals surface area (Å²) < 4.78 is 0. The standard InChI is InChI=1S/C25H30N2O3/c1-16-5-2-8-21-20(16)7-3-6-19(24(21)29)15-17-11-13-18(14-12-17)25(30)27-22-9-4-10-23(28)26-22/h2,4-5,8-10,17-19H,3,6-7,11-15H2,1H3,(H2,26,27,28,30). The number of H-pyrrole nitrogens is 1. The fraction of sp³-hybridized carbons (Fsp3) is 0.480. The highest BCUT2D eigenvalue weighted by atomic mass is 16.2. The third-order valence-electron chi connectivity index (χ3n) is 6.89. The highest BCUT2D eigenvalue weighted by Crippen LogP contribution is 2.37. The normalized spacial score (nSPS) is 24.0. The summed E-state index contributed by atoms with van der Waals surface area (Å²) in [5, 5.41) is 2.83. The fourth-order valence-electron chi connectivity index (χ4n) is 5.18. The summed E-state index contributed by atoms with van der Waals surface area (Å²) in [6.45, 7) is 2.10. The number of fused-ring (bicyclic) bond motifs is 1. The zero-order valence-corrected chi connectivity index (χ0v) is 17.6. The first-order valence-corrected chi connectivity index (χ1v) is 11.1. The second-order valence-electron chi connectivity index (χ2n) is 8.93. The number of ketones is 1. The number of carbonyl (C=O) groups is 2. The van der Waals surface area contributed by atoms with Crippen molar-refractivity contribution in [1.29, 1.82) is 0 Å². The van der Waals surface area contributed by atoms with Crippen LogP contribution in [0.3, 0.4) is 0 Å². The fourth-order valence-corrected chi connectivity index (χ4v) is 5.18. The molecule has 1 amide bonds. The zero-order valence-electron chi connectivity index (χ0n) is 17.6. The molecule has 2 N–H and O–H groups in total. The van der Waals surface area contributed by atoms with Gasteiger partial charge in [-0.25, -0.2) is 0 Å². The van der Waals surface area contributed by atoms with E-state index in [9.17, 15) is 14.4 Å². The summed E-state index contributed by atoms with van der Waals surface area (Å²) in [6, 6.07) is 10.9. The number of benzene rings is 1. The van der Waals surface area contributed by atoms with Crippen LogP contribution in [-0.2, 0) is 11.2 Å². The Balaban J connectivity index is 1.33. The van der Waals surface area contributed by atoms with Crippen molar-refractivity contribution in [3.05, 3.63) is 63.4 Å². The average Bonchev–Trinajstić information content (AvgIpc) is 2.89. The number of aromatic nitrogens is 1. The van der Waals surface area contributed by atoms with Crippen molar-refractivity contribution in [2.75, 3.05) is 5.32 Å². The summed E-state index contributed by atoms with van der Waals surface area (Å²) >= 11 is 0. The van der Waals surface area contributed by atoms with E-state index in [1.165, 1.54) is 17.2 Å². The molecule has 1 aromatic carbocycles. The molecular formula is C25H30N2O3. The molecule has 2 aromatic rings. The molecule has 0 radical (unpaired) electrons. The largest absolute Gasteiger partial charge is 0.312 e. The molecule has 0 spiro atoms. The van der Waals surface area contributed by atoms with Gasteiger partial charge in [0.05, 0.1) is 0 Å². The second-order valence-corrected chi connectivity index (χ2v) is 8.93. The minimum absolute atomic E-state index is 0.0229. The number of Topliss-reactive ketones (excluding diaryl/α,β-unsaturated/α-hetero) is 1. The Morgan fingerprint density at radius 2 is 1.80 bits per heavy atom. The first kappa shape index (κ1) is 20.6. The average molecular weight is 407 g/mol. The van der Waals surface area contributed by atoms with Crippen molar-refractivity contribution in [2.24, 2.45) is 17.8 Å². The lowest BCUT2D eigenvalue weighted by molar-refractivity contribution is -0.121. The third kappa shape index (κ3) is 4.55. The van der Waals surface area contributed by atoms with Crippen LogP contribution in [0.15, 0.2) is 41.2 Å². The van der Waals surface area contributed by atoms with E-state index in [-0.39, 0.29) is 23.3 Å². The first-order valence-electron chi connectivity index (χ1n) is 11.1. The lowest BCUT2D eigenvalue weighted by atomic mass is 9.76. The van der Waals surface area contributed by atoms with E-state index in [0.29, 0.717) is 17.5 Å². The van der Waals surface area contributed by atoms with Gasteiger partial charge in [0.25, 0.3) is 0 Å². The molecule has 1 saturated carbocycles. The number of aryl methyl sites for hydroxylation is 1. The number of amides is 1. The van der Waals surface area contributed by atoms with Gasteiger partial charge < -0.3 is 10.3 Å². The van der Waals surface area contributed by atoms with Crippen molar-refractivity contribution < 1.29 is 9.59 Å². The van der Waals surface area contributed by atoms with Crippen LogP contribution in [0.25, 0.3) is 0 Å². The number of carbonyl (C=O) groups excluding carboxylic acids is 2. The molecule has 158 valence electrons. The molecule has 2 aliphatic rings. The molecule has 1 aromatic heterocycles. The van der Waals surface area contributed by atoms with Crippen molar-refractivity contribution in [3.8, 4) is 0 Å². The maximum atomic E-state index is 13.2. The molecule has 5 nitrogen and oxygen atoms in total. The number of pyridine rings is 1. The molecule has 1 unspecified atom stereocenters. The lowest BCUT2D eigenvalue weighted by Crippen LogP contribution is -2.29. The molecule has 4 rings (SSSR count). The summed E-state index contributed by atoms with van der Waals surface area (Å²) in [7, 11) is 0. The van der Waals surface area contributed by atoms with E-state index in [1.807, 2.05) is 12.1 Å². The number of hydrogen-bond donors (Lipinski definition) is 2. The van der Waals surface area contributed by atoms with Crippen molar-refractivity contribution in [3.63, 3.8) is 0 Å². The van der Waals surface area contributed by atoms with Gasteiger partial charge in [0.1, 0.15) is 5.82 Å². The van der Waals surface area contributed by atoms with Crippen molar-refractivity contribution in [1.82, 2.24) is 4.98 Å².